The fraction of sp³-hybridized carbons (Fsp3) is 0.440. The minimum atomic E-state index is -3.93. The van der Waals surface area contributed by atoms with Gasteiger partial charge in [-0.1, -0.05) is 17.7 Å². The number of benzene rings is 2. The number of rotatable bonds is 5. The quantitative estimate of drug-likeness (QED) is 0.620. The Morgan fingerprint density at radius 2 is 1.82 bits per heavy atom. The van der Waals surface area contributed by atoms with Gasteiger partial charge >= 0.3 is 6.09 Å². The molecule has 3 rings (SSSR count). The Labute approximate surface area is 201 Å². The van der Waals surface area contributed by atoms with Crippen LogP contribution < -0.4 is 14.4 Å². The van der Waals surface area contributed by atoms with Crippen molar-refractivity contribution in [3.63, 3.8) is 0 Å². The summed E-state index contributed by atoms with van der Waals surface area (Å²) in [5, 5.41) is 12.1. The molecular formula is C25H31N3O5S. The average Bonchev–Trinajstić information content (AvgIpc) is 2.72. The number of carbonyl (C=O) groups is 1. The fourth-order valence-corrected chi connectivity index (χ4v) is 5.10. The lowest BCUT2D eigenvalue weighted by molar-refractivity contribution is 0.0636. The van der Waals surface area contributed by atoms with E-state index in [1.165, 1.54) is 4.31 Å². The van der Waals surface area contributed by atoms with Crippen LogP contribution in [0.15, 0.2) is 47.4 Å². The highest BCUT2D eigenvalue weighted by Crippen LogP contribution is 2.41. The van der Waals surface area contributed by atoms with Crippen LogP contribution >= 0.6 is 0 Å². The molecule has 0 radical (unpaired) electrons. The second-order valence-electron chi connectivity index (χ2n) is 10.1. The van der Waals surface area contributed by atoms with Crippen molar-refractivity contribution in [1.82, 2.24) is 0 Å². The van der Waals surface area contributed by atoms with Crippen molar-refractivity contribution in [1.29, 1.82) is 5.26 Å². The van der Waals surface area contributed by atoms with Crippen LogP contribution in [-0.4, -0.2) is 32.8 Å². The first-order valence-electron chi connectivity index (χ1n) is 11.0. The first-order valence-corrected chi connectivity index (χ1v) is 12.5. The van der Waals surface area contributed by atoms with Crippen molar-refractivity contribution < 1.29 is 22.7 Å². The predicted molar refractivity (Wildman–Crippen MR) is 130 cm³/mol. The van der Waals surface area contributed by atoms with Crippen molar-refractivity contribution in [2.75, 3.05) is 16.2 Å². The Balaban J connectivity index is 2.01. The molecule has 1 amide bonds. The van der Waals surface area contributed by atoms with E-state index < -0.39 is 33.2 Å². The third-order valence-corrected chi connectivity index (χ3v) is 6.98. The lowest BCUT2D eigenvalue weighted by Crippen LogP contribution is -2.45. The van der Waals surface area contributed by atoms with Gasteiger partial charge in [0.15, 0.2) is 0 Å². The number of nitrogens with one attached hydrogen (secondary N) is 1. The number of carbonyl (C=O) groups excluding carboxylic acids is 1. The first kappa shape index (κ1) is 25.4. The molecule has 0 fully saturated rings. The monoisotopic (exact) mass is 485 g/mol. The van der Waals surface area contributed by atoms with Gasteiger partial charge in [-0.2, -0.15) is 5.26 Å². The number of hydrogen-bond donors (Lipinski definition) is 1. The molecule has 0 aromatic heterocycles. The van der Waals surface area contributed by atoms with E-state index in [1.807, 2.05) is 6.92 Å². The SMILES string of the molecule is Cc1ccc(S(=O)(=O)N2CC(CC(C)(C)C#N)Oc3ccc(NC(=O)OC(C)(C)C)cc32)cc1. The van der Waals surface area contributed by atoms with Gasteiger partial charge in [0.05, 0.1) is 28.6 Å². The molecule has 1 atom stereocenters. The Bertz CT molecular complexity index is 1210. The van der Waals surface area contributed by atoms with E-state index in [0.717, 1.165) is 5.56 Å². The van der Waals surface area contributed by atoms with Gasteiger partial charge in [0, 0.05) is 12.1 Å². The average molecular weight is 486 g/mol. The number of aryl methyl sites for hydroxylation is 1. The lowest BCUT2D eigenvalue weighted by Gasteiger charge is -2.37. The van der Waals surface area contributed by atoms with Gasteiger partial charge in [-0.15, -0.1) is 0 Å². The number of ether oxygens (including phenoxy) is 2. The van der Waals surface area contributed by atoms with E-state index in [1.54, 1.807) is 77.1 Å². The van der Waals surface area contributed by atoms with Gasteiger partial charge in [0.2, 0.25) is 0 Å². The lowest BCUT2D eigenvalue weighted by atomic mass is 9.88. The minimum Gasteiger partial charge on any atom is -0.486 e. The van der Waals surface area contributed by atoms with Crippen LogP contribution in [0.25, 0.3) is 0 Å². The Morgan fingerprint density at radius 1 is 1.18 bits per heavy atom. The van der Waals surface area contributed by atoms with E-state index in [9.17, 15) is 18.5 Å². The van der Waals surface area contributed by atoms with Gasteiger partial charge in [0.25, 0.3) is 10.0 Å². The maximum Gasteiger partial charge on any atom is 0.412 e. The van der Waals surface area contributed by atoms with Gasteiger partial charge in [-0.3, -0.25) is 9.62 Å². The van der Waals surface area contributed by atoms with E-state index in [0.29, 0.717) is 23.5 Å². The fourth-order valence-electron chi connectivity index (χ4n) is 3.60. The van der Waals surface area contributed by atoms with Gasteiger partial charge < -0.3 is 9.47 Å². The van der Waals surface area contributed by atoms with Gasteiger partial charge in [-0.05, 0) is 71.9 Å². The molecule has 8 nitrogen and oxygen atoms in total. The molecule has 0 bridgehead atoms. The molecule has 1 unspecified atom stereocenters. The molecule has 1 heterocycles. The van der Waals surface area contributed by atoms with E-state index in [2.05, 4.69) is 11.4 Å². The normalized spacial score (nSPS) is 16.1. The third kappa shape index (κ3) is 6.00. The first-order chi connectivity index (χ1) is 15.7. The summed E-state index contributed by atoms with van der Waals surface area (Å²) in [4.78, 5) is 12.4. The molecule has 9 heteroatoms. The zero-order valence-corrected chi connectivity index (χ0v) is 21.2. The van der Waals surface area contributed by atoms with Crippen molar-refractivity contribution in [2.45, 2.75) is 64.6 Å². The zero-order valence-electron chi connectivity index (χ0n) is 20.4. The number of sulfonamides is 1. The molecule has 2 aromatic rings. The molecule has 34 heavy (non-hydrogen) atoms. The molecule has 1 aliphatic heterocycles. The summed E-state index contributed by atoms with van der Waals surface area (Å²) in [6, 6.07) is 13.6. The number of fused-ring (bicyclic) bond motifs is 1. The van der Waals surface area contributed by atoms with Crippen LogP contribution in [0.4, 0.5) is 16.2 Å². The predicted octanol–water partition coefficient (Wildman–Crippen LogP) is 5.24. The second kappa shape index (κ2) is 9.18. The van der Waals surface area contributed by atoms with Crippen molar-refractivity contribution >= 4 is 27.5 Å². The molecule has 1 aliphatic rings. The van der Waals surface area contributed by atoms with Gasteiger partial charge in [0.1, 0.15) is 17.5 Å². The Morgan fingerprint density at radius 3 is 2.41 bits per heavy atom. The number of anilines is 2. The molecule has 2 aromatic carbocycles. The van der Waals surface area contributed by atoms with Crippen LogP contribution in [0.3, 0.4) is 0 Å². The van der Waals surface area contributed by atoms with E-state index >= 15 is 0 Å². The smallest absolute Gasteiger partial charge is 0.412 e. The molecule has 0 saturated carbocycles. The van der Waals surface area contributed by atoms with Gasteiger partial charge in [-0.25, -0.2) is 13.2 Å². The molecule has 182 valence electrons. The summed E-state index contributed by atoms with van der Waals surface area (Å²) < 4.78 is 40.0. The summed E-state index contributed by atoms with van der Waals surface area (Å²) >= 11 is 0. The summed E-state index contributed by atoms with van der Waals surface area (Å²) in [7, 11) is -3.93. The summed E-state index contributed by atoms with van der Waals surface area (Å²) in [6.45, 7) is 10.8. The number of amides is 1. The third-order valence-electron chi connectivity index (χ3n) is 5.19. The minimum absolute atomic E-state index is 0.0320. The van der Waals surface area contributed by atoms with Crippen LogP contribution in [0, 0.1) is 23.7 Å². The topological polar surface area (TPSA) is 109 Å². The number of nitriles is 1. The molecule has 0 aliphatic carbocycles. The number of nitrogens with zero attached hydrogens (tertiary/aromatic N) is 2. The Hall–Kier alpha value is -3.25. The van der Waals surface area contributed by atoms with Crippen molar-refractivity contribution in [2.24, 2.45) is 5.41 Å². The van der Waals surface area contributed by atoms with Crippen molar-refractivity contribution in [3.05, 3.63) is 48.0 Å². The number of hydrogen-bond acceptors (Lipinski definition) is 6. The zero-order chi connectivity index (χ0) is 25.3. The van der Waals surface area contributed by atoms with Crippen LogP contribution in [0.5, 0.6) is 5.75 Å². The van der Waals surface area contributed by atoms with E-state index in [-0.39, 0.29) is 11.4 Å². The summed E-state index contributed by atoms with van der Waals surface area (Å²) in [6.07, 6.45) is -0.821. The second-order valence-corrected chi connectivity index (χ2v) is 12.0. The highest BCUT2D eigenvalue weighted by molar-refractivity contribution is 7.92. The van der Waals surface area contributed by atoms with Crippen LogP contribution in [-0.2, 0) is 14.8 Å². The van der Waals surface area contributed by atoms with Crippen molar-refractivity contribution in [3.8, 4) is 11.8 Å². The Kier molecular flexibility index (Phi) is 6.85. The maximum absolute atomic E-state index is 13.7. The summed E-state index contributed by atoms with van der Waals surface area (Å²) in [5.74, 6) is 0.357. The van der Waals surface area contributed by atoms with E-state index in [4.69, 9.17) is 9.47 Å². The molecular weight excluding hydrogens is 454 g/mol. The molecule has 0 saturated heterocycles. The standard InChI is InChI=1S/C25H31N3O5S/c1-17-7-10-20(11-8-17)34(30,31)28-15-19(14-25(5,6)16-26)32-22-12-9-18(13-21(22)28)27-23(29)33-24(2,3)4/h7-13,19H,14-15H2,1-6H3,(H,27,29). The van der Waals surface area contributed by atoms with Crippen LogP contribution in [0.1, 0.15) is 46.6 Å². The highest BCUT2D eigenvalue weighted by Gasteiger charge is 2.37. The largest absolute Gasteiger partial charge is 0.486 e. The maximum atomic E-state index is 13.7. The summed E-state index contributed by atoms with van der Waals surface area (Å²) in [5.41, 5.74) is 0.248. The molecule has 0 spiro atoms. The van der Waals surface area contributed by atoms with Crippen LogP contribution in [0.2, 0.25) is 0 Å². The molecule has 1 N–H and O–H groups in total. The highest BCUT2D eigenvalue weighted by atomic mass is 32.2.